The second-order valence-electron chi connectivity index (χ2n) is 6.93. The molecule has 3 nitrogen and oxygen atoms in total. The summed E-state index contributed by atoms with van der Waals surface area (Å²) in [5, 5.41) is 2.72. The highest BCUT2D eigenvalue weighted by Gasteiger charge is 2.30. The predicted octanol–water partition coefficient (Wildman–Crippen LogP) is 4.58. The predicted molar refractivity (Wildman–Crippen MR) is 107 cm³/mol. The van der Waals surface area contributed by atoms with E-state index in [1.54, 1.807) is 0 Å². The molecule has 0 saturated heterocycles. The first-order valence-electron chi connectivity index (χ1n) is 9.00. The molecule has 4 rings (SSSR count). The van der Waals surface area contributed by atoms with Crippen molar-refractivity contribution in [2.45, 2.75) is 42.9 Å². The number of carbonyl (C=O) groups excluding carboxylic acids is 1. The first-order chi connectivity index (χ1) is 12.1. The third-order valence-electron chi connectivity index (χ3n) is 5.29. The van der Waals surface area contributed by atoms with Gasteiger partial charge >= 0.3 is 0 Å². The van der Waals surface area contributed by atoms with Crippen molar-refractivity contribution in [3.8, 4) is 0 Å². The fraction of sp³-hybridized carbons (Fsp3) is 0.450. The zero-order valence-electron chi connectivity index (χ0n) is 14.8. The van der Waals surface area contributed by atoms with Crippen LogP contribution in [0.4, 0.5) is 5.69 Å². The molecule has 132 valence electrons. The van der Waals surface area contributed by atoms with Crippen molar-refractivity contribution in [1.29, 1.82) is 0 Å². The lowest BCUT2D eigenvalue weighted by molar-refractivity contribution is -0.120. The molecule has 0 N–H and O–H groups in total. The van der Waals surface area contributed by atoms with Crippen molar-refractivity contribution >= 4 is 34.7 Å². The van der Waals surface area contributed by atoms with Crippen molar-refractivity contribution in [3.05, 3.63) is 46.2 Å². The first kappa shape index (κ1) is 17.1. The van der Waals surface area contributed by atoms with E-state index in [1.807, 2.05) is 34.1 Å². The lowest BCUT2D eigenvalue weighted by atomic mass is 10.0. The Labute approximate surface area is 158 Å². The summed E-state index contributed by atoms with van der Waals surface area (Å²) in [4.78, 5) is 20.2. The van der Waals surface area contributed by atoms with E-state index < -0.39 is 0 Å². The minimum atomic E-state index is 0.229. The summed E-state index contributed by atoms with van der Waals surface area (Å²) in [6, 6.07) is 10.9. The molecule has 1 aromatic heterocycles. The minimum Gasteiger partial charge on any atom is -0.310 e. The highest BCUT2D eigenvalue weighted by Crippen LogP contribution is 2.38. The van der Waals surface area contributed by atoms with Crippen LogP contribution >= 0.6 is 23.1 Å². The Hall–Kier alpha value is -1.30. The van der Waals surface area contributed by atoms with Gasteiger partial charge in [0, 0.05) is 34.2 Å². The van der Waals surface area contributed by atoms with Crippen LogP contribution in [0.25, 0.3) is 0 Å². The van der Waals surface area contributed by atoms with Crippen molar-refractivity contribution in [1.82, 2.24) is 4.90 Å². The van der Waals surface area contributed by atoms with Crippen LogP contribution in [0.2, 0.25) is 0 Å². The first-order valence-corrected chi connectivity index (χ1v) is 10.8. The summed E-state index contributed by atoms with van der Waals surface area (Å²) in [5.41, 5.74) is 2.49. The number of thioether (sulfide) groups is 1. The van der Waals surface area contributed by atoms with Gasteiger partial charge in [0.1, 0.15) is 0 Å². The average Bonchev–Trinajstić information content (AvgIpc) is 3.01. The zero-order valence-corrected chi connectivity index (χ0v) is 16.4. The summed E-state index contributed by atoms with van der Waals surface area (Å²) in [6.45, 7) is 6.77. The van der Waals surface area contributed by atoms with Gasteiger partial charge in [0.15, 0.2) is 0 Å². The normalized spacial score (nSPS) is 23.7. The Morgan fingerprint density at radius 3 is 2.92 bits per heavy atom. The molecule has 0 radical (unpaired) electrons. The van der Waals surface area contributed by atoms with Gasteiger partial charge in [-0.05, 0) is 48.9 Å². The number of hydrogen-bond acceptors (Lipinski definition) is 4. The molecule has 0 aliphatic carbocycles. The number of anilines is 1. The molecule has 2 atom stereocenters. The number of carbonyl (C=O) groups is 1. The Morgan fingerprint density at radius 2 is 2.04 bits per heavy atom. The molecule has 2 aliphatic heterocycles. The number of benzene rings is 1. The van der Waals surface area contributed by atoms with E-state index >= 15 is 0 Å². The van der Waals surface area contributed by atoms with E-state index in [0.717, 1.165) is 31.6 Å². The van der Waals surface area contributed by atoms with Crippen LogP contribution in [0.3, 0.4) is 0 Å². The number of nitrogens with zero attached hydrogens (tertiary/aromatic N) is 2. The van der Waals surface area contributed by atoms with E-state index in [1.165, 1.54) is 15.3 Å². The summed E-state index contributed by atoms with van der Waals surface area (Å²) in [5.74, 6) is 0.229. The molecular weight excluding hydrogens is 348 g/mol. The van der Waals surface area contributed by atoms with Crippen molar-refractivity contribution in [3.63, 3.8) is 0 Å². The van der Waals surface area contributed by atoms with E-state index in [0.29, 0.717) is 17.8 Å². The number of para-hydroxylation sites is 1. The highest BCUT2D eigenvalue weighted by molar-refractivity contribution is 8.00. The Balaban J connectivity index is 1.54. The minimum absolute atomic E-state index is 0.229. The molecule has 0 fully saturated rings. The summed E-state index contributed by atoms with van der Waals surface area (Å²) in [6.07, 6.45) is 2.10. The van der Waals surface area contributed by atoms with Crippen molar-refractivity contribution in [2.24, 2.45) is 0 Å². The van der Waals surface area contributed by atoms with E-state index in [4.69, 9.17) is 0 Å². The van der Waals surface area contributed by atoms with Gasteiger partial charge in [-0.25, -0.2) is 0 Å². The molecule has 2 aliphatic rings. The van der Waals surface area contributed by atoms with Gasteiger partial charge in [0.05, 0.1) is 12.2 Å². The Morgan fingerprint density at radius 1 is 1.20 bits per heavy atom. The third-order valence-corrected chi connectivity index (χ3v) is 7.52. The number of fused-ring (bicyclic) bond motifs is 2. The topological polar surface area (TPSA) is 23.6 Å². The monoisotopic (exact) mass is 372 g/mol. The smallest absolute Gasteiger partial charge is 0.241 e. The second-order valence-corrected chi connectivity index (χ2v) is 9.41. The SMILES string of the molecule is CC1CCN(C(=O)CN2CCc3sccc3C2C)c2ccccc2S1. The fourth-order valence-corrected chi connectivity index (χ4v) is 5.86. The van der Waals surface area contributed by atoms with Crippen molar-refractivity contribution in [2.75, 3.05) is 24.5 Å². The van der Waals surface area contributed by atoms with Crippen LogP contribution in [0.15, 0.2) is 40.6 Å². The number of thiophene rings is 1. The van der Waals surface area contributed by atoms with E-state index in [2.05, 4.69) is 48.4 Å². The van der Waals surface area contributed by atoms with Gasteiger partial charge < -0.3 is 4.90 Å². The molecule has 0 bridgehead atoms. The molecule has 1 amide bonds. The number of amides is 1. The van der Waals surface area contributed by atoms with Gasteiger partial charge in [-0.3, -0.25) is 9.69 Å². The summed E-state index contributed by atoms with van der Waals surface area (Å²) in [7, 11) is 0. The molecule has 0 spiro atoms. The standard InChI is InChI=1S/C20H24N2OS2/c1-14-7-11-22(17-5-3-4-6-19(17)25-14)20(23)13-21-10-8-18-16(15(21)2)9-12-24-18/h3-6,9,12,14-15H,7-8,10-11,13H2,1-2H3. The fourth-order valence-electron chi connectivity index (χ4n) is 3.78. The molecule has 25 heavy (non-hydrogen) atoms. The maximum Gasteiger partial charge on any atom is 0.241 e. The average molecular weight is 373 g/mol. The molecule has 3 heterocycles. The molecule has 2 aromatic rings. The van der Waals surface area contributed by atoms with Crippen LogP contribution in [0, 0.1) is 0 Å². The number of rotatable bonds is 2. The highest BCUT2D eigenvalue weighted by atomic mass is 32.2. The Bertz CT molecular complexity index is 773. The van der Waals surface area contributed by atoms with Crippen LogP contribution in [-0.2, 0) is 11.2 Å². The van der Waals surface area contributed by atoms with Gasteiger partial charge in [0.25, 0.3) is 0 Å². The molecule has 1 aromatic carbocycles. The largest absolute Gasteiger partial charge is 0.310 e. The van der Waals surface area contributed by atoms with Crippen molar-refractivity contribution < 1.29 is 4.79 Å². The second kappa shape index (κ2) is 7.14. The van der Waals surface area contributed by atoms with Crippen LogP contribution in [0.1, 0.15) is 36.8 Å². The molecule has 0 saturated carbocycles. The molecule has 2 unspecified atom stereocenters. The van der Waals surface area contributed by atoms with Crippen LogP contribution in [0.5, 0.6) is 0 Å². The quantitative estimate of drug-likeness (QED) is 0.771. The van der Waals surface area contributed by atoms with E-state index in [-0.39, 0.29) is 5.91 Å². The van der Waals surface area contributed by atoms with Gasteiger partial charge in [-0.1, -0.05) is 19.1 Å². The third kappa shape index (κ3) is 3.37. The Kier molecular flexibility index (Phi) is 4.89. The van der Waals surface area contributed by atoms with Gasteiger partial charge in [0.2, 0.25) is 5.91 Å². The zero-order chi connectivity index (χ0) is 17.4. The van der Waals surface area contributed by atoms with Crippen LogP contribution in [-0.4, -0.2) is 35.7 Å². The number of hydrogen-bond donors (Lipinski definition) is 0. The lowest BCUT2D eigenvalue weighted by Gasteiger charge is -2.34. The van der Waals surface area contributed by atoms with Gasteiger partial charge in [-0.15, -0.1) is 23.1 Å². The lowest BCUT2D eigenvalue weighted by Crippen LogP contribution is -2.44. The summed E-state index contributed by atoms with van der Waals surface area (Å²) >= 11 is 3.73. The van der Waals surface area contributed by atoms with E-state index in [9.17, 15) is 4.79 Å². The maximum atomic E-state index is 13.2. The van der Waals surface area contributed by atoms with Gasteiger partial charge in [-0.2, -0.15) is 0 Å². The molecule has 5 heteroatoms. The van der Waals surface area contributed by atoms with Crippen LogP contribution < -0.4 is 4.90 Å². The summed E-state index contributed by atoms with van der Waals surface area (Å²) < 4.78 is 0. The molecular formula is C20H24N2OS2. The maximum absolute atomic E-state index is 13.2.